The molecule has 0 spiro atoms. The molecule has 244 valence electrons. The molecule has 13 heteroatoms. The highest BCUT2D eigenvalue weighted by Crippen LogP contribution is 2.55. The third-order valence-corrected chi connectivity index (χ3v) is 9.88. The van der Waals surface area contributed by atoms with Crippen LogP contribution in [-0.2, 0) is 12.4 Å². The van der Waals surface area contributed by atoms with Crippen molar-refractivity contribution >= 4 is 23.0 Å². The SMILES string of the molecule is COc1ccc(-c2ccc(C(=O)O)cc2C)cc1-c1ccc(C(F)(F)F)cc1[C@@H]1CC[C@H]2[C@@H](c3ccnc(C(F)(F)F)c3)SC(=O)N12. The van der Waals surface area contributed by atoms with Crippen molar-refractivity contribution < 1.29 is 45.8 Å². The number of benzene rings is 3. The number of halogens is 6. The van der Waals surface area contributed by atoms with E-state index in [1.54, 1.807) is 31.2 Å². The molecule has 2 aliphatic heterocycles. The van der Waals surface area contributed by atoms with Crippen molar-refractivity contribution in [3.8, 4) is 28.0 Å². The molecule has 6 nitrogen and oxygen atoms in total. The maximum absolute atomic E-state index is 14.1. The number of carbonyl (C=O) groups is 2. The fourth-order valence-electron chi connectivity index (χ4n) is 6.49. The molecule has 0 saturated carbocycles. The Morgan fingerprint density at radius 2 is 1.66 bits per heavy atom. The van der Waals surface area contributed by atoms with Crippen LogP contribution in [0.1, 0.15) is 62.4 Å². The molecule has 0 unspecified atom stereocenters. The van der Waals surface area contributed by atoms with Gasteiger partial charge < -0.3 is 14.7 Å². The molecule has 3 aromatic carbocycles. The van der Waals surface area contributed by atoms with Crippen molar-refractivity contribution in [1.29, 1.82) is 0 Å². The molecule has 2 aliphatic rings. The normalized spacial score (nSPS) is 19.6. The number of fused-ring (bicyclic) bond motifs is 1. The summed E-state index contributed by atoms with van der Waals surface area (Å²) in [5, 5.41) is 8.28. The van der Waals surface area contributed by atoms with E-state index >= 15 is 0 Å². The Morgan fingerprint density at radius 1 is 0.915 bits per heavy atom. The van der Waals surface area contributed by atoms with Gasteiger partial charge >= 0.3 is 18.3 Å². The van der Waals surface area contributed by atoms with E-state index < -0.39 is 52.2 Å². The summed E-state index contributed by atoms with van der Waals surface area (Å²) in [5.41, 5.74) is 1.50. The number of ether oxygens (including phenoxy) is 1. The molecule has 1 aromatic heterocycles. The number of hydrogen-bond donors (Lipinski definition) is 1. The van der Waals surface area contributed by atoms with Crippen molar-refractivity contribution in [2.75, 3.05) is 7.11 Å². The average Bonchev–Trinajstić information content (AvgIpc) is 3.60. The molecule has 1 N–H and O–H groups in total. The van der Waals surface area contributed by atoms with Crippen LogP contribution in [0, 0.1) is 6.92 Å². The van der Waals surface area contributed by atoms with Crippen LogP contribution in [0.15, 0.2) is 72.9 Å². The third kappa shape index (κ3) is 6.04. The number of methoxy groups -OCH3 is 1. The number of amides is 1. The van der Waals surface area contributed by atoms with E-state index in [-0.39, 0.29) is 23.1 Å². The minimum absolute atomic E-state index is 0.105. The smallest absolute Gasteiger partial charge is 0.433 e. The van der Waals surface area contributed by atoms with Gasteiger partial charge in [-0.1, -0.05) is 30.0 Å². The molecule has 3 heterocycles. The van der Waals surface area contributed by atoms with Gasteiger partial charge in [0.15, 0.2) is 0 Å². The van der Waals surface area contributed by atoms with E-state index in [1.165, 1.54) is 36.3 Å². The van der Waals surface area contributed by atoms with Crippen LogP contribution >= 0.6 is 11.8 Å². The quantitative estimate of drug-likeness (QED) is 0.206. The molecule has 2 saturated heterocycles. The van der Waals surface area contributed by atoms with Gasteiger partial charge in [0.2, 0.25) is 0 Å². The monoisotopic (exact) mass is 672 g/mol. The second-order valence-electron chi connectivity index (χ2n) is 11.4. The minimum Gasteiger partial charge on any atom is -0.496 e. The molecule has 0 aliphatic carbocycles. The summed E-state index contributed by atoms with van der Waals surface area (Å²) in [6.07, 6.45) is -7.67. The number of pyridine rings is 1. The number of rotatable bonds is 6. The van der Waals surface area contributed by atoms with E-state index in [0.29, 0.717) is 40.0 Å². The summed E-state index contributed by atoms with van der Waals surface area (Å²) in [4.78, 5) is 29.8. The van der Waals surface area contributed by atoms with Gasteiger partial charge in [0.05, 0.1) is 29.5 Å². The number of carboxylic acid groups (broad SMARTS) is 1. The average molecular weight is 673 g/mol. The summed E-state index contributed by atoms with van der Waals surface area (Å²) < 4.78 is 88.1. The number of carbonyl (C=O) groups excluding carboxylic acids is 1. The Morgan fingerprint density at radius 3 is 2.32 bits per heavy atom. The second-order valence-corrected chi connectivity index (χ2v) is 12.5. The topological polar surface area (TPSA) is 79.7 Å². The fraction of sp³-hybridized carbons (Fsp3) is 0.265. The number of thioether (sulfide) groups is 1. The zero-order valence-electron chi connectivity index (χ0n) is 24.8. The highest BCUT2D eigenvalue weighted by atomic mass is 32.2. The van der Waals surface area contributed by atoms with Gasteiger partial charge in [-0.25, -0.2) is 4.79 Å². The number of hydrogen-bond acceptors (Lipinski definition) is 5. The van der Waals surface area contributed by atoms with Gasteiger partial charge in [0, 0.05) is 17.8 Å². The van der Waals surface area contributed by atoms with E-state index in [2.05, 4.69) is 4.98 Å². The van der Waals surface area contributed by atoms with E-state index in [0.717, 1.165) is 36.2 Å². The van der Waals surface area contributed by atoms with Crippen molar-refractivity contribution in [1.82, 2.24) is 9.88 Å². The summed E-state index contributed by atoms with van der Waals surface area (Å²) in [6, 6.07) is 14.2. The van der Waals surface area contributed by atoms with Gasteiger partial charge in [-0.2, -0.15) is 26.3 Å². The summed E-state index contributed by atoms with van der Waals surface area (Å²) in [7, 11) is 1.43. The number of nitrogens with zero attached hydrogens (tertiary/aromatic N) is 2. The maximum Gasteiger partial charge on any atom is 0.433 e. The molecule has 0 bridgehead atoms. The molecular weight excluding hydrogens is 646 g/mol. The highest BCUT2D eigenvalue weighted by molar-refractivity contribution is 8.14. The standard InChI is InChI=1S/C34H26F6N2O4S/c1-17-13-20(31(43)44)3-6-22(17)18-4-10-28(46-2)25(14-18)23-7-5-21(33(35,36)37)16-24(23)26-8-9-27-30(47-32(45)42(26)27)19-11-12-41-29(15-19)34(38,39)40/h3-7,10-16,26-27,30H,8-9H2,1-2H3,(H,43,44)/t26-,27-,30+/m0/s1. The zero-order valence-corrected chi connectivity index (χ0v) is 25.6. The number of aryl methyl sites for hydroxylation is 1. The lowest BCUT2D eigenvalue weighted by molar-refractivity contribution is -0.141. The third-order valence-electron chi connectivity index (χ3n) is 8.63. The molecule has 0 radical (unpaired) electrons. The second kappa shape index (κ2) is 11.9. The fourth-order valence-corrected chi connectivity index (χ4v) is 7.80. The van der Waals surface area contributed by atoms with Crippen molar-refractivity contribution in [3.05, 3.63) is 106 Å². The van der Waals surface area contributed by atoms with Crippen LogP contribution in [0.5, 0.6) is 5.75 Å². The first kappa shape index (κ1) is 32.4. The van der Waals surface area contributed by atoms with Crippen LogP contribution in [0.3, 0.4) is 0 Å². The molecule has 6 rings (SSSR count). The van der Waals surface area contributed by atoms with E-state index in [9.17, 15) is 41.0 Å². The Balaban J connectivity index is 1.45. The highest BCUT2D eigenvalue weighted by Gasteiger charge is 2.50. The largest absolute Gasteiger partial charge is 0.496 e. The predicted molar refractivity (Wildman–Crippen MR) is 163 cm³/mol. The van der Waals surface area contributed by atoms with Crippen molar-refractivity contribution in [2.45, 2.75) is 49.5 Å². The Kier molecular flexibility index (Phi) is 8.23. The molecule has 1 amide bonds. The van der Waals surface area contributed by atoms with Gasteiger partial charge in [-0.05, 0) is 102 Å². The van der Waals surface area contributed by atoms with Crippen LogP contribution in [-0.4, -0.2) is 39.4 Å². The minimum atomic E-state index is -4.68. The van der Waals surface area contributed by atoms with E-state index in [4.69, 9.17) is 4.74 Å². The van der Waals surface area contributed by atoms with Crippen molar-refractivity contribution in [2.24, 2.45) is 0 Å². The first-order valence-corrected chi connectivity index (χ1v) is 15.3. The van der Waals surface area contributed by atoms with E-state index in [1.807, 2.05) is 0 Å². The lowest BCUT2D eigenvalue weighted by atomic mass is 9.89. The van der Waals surface area contributed by atoms with Crippen LogP contribution in [0.2, 0.25) is 0 Å². The van der Waals surface area contributed by atoms with Gasteiger partial charge in [-0.3, -0.25) is 9.78 Å². The van der Waals surface area contributed by atoms with Gasteiger partial charge in [0.1, 0.15) is 11.4 Å². The summed E-state index contributed by atoms with van der Waals surface area (Å²) >= 11 is 0.855. The Hall–Kier alpha value is -4.52. The van der Waals surface area contributed by atoms with Gasteiger partial charge in [0.25, 0.3) is 5.24 Å². The molecule has 3 atom stereocenters. The van der Waals surface area contributed by atoms with Crippen LogP contribution in [0.4, 0.5) is 31.1 Å². The molecule has 2 fully saturated rings. The summed E-state index contributed by atoms with van der Waals surface area (Å²) in [5.74, 6) is -0.721. The lowest BCUT2D eigenvalue weighted by Crippen LogP contribution is -2.31. The number of alkyl halides is 6. The van der Waals surface area contributed by atoms with Crippen molar-refractivity contribution in [3.63, 3.8) is 0 Å². The molecular formula is C34H26F6N2O4S. The van der Waals surface area contributed by atoms with Gasteiger partial charge in [-0.15, -0.1) is 0 Å². The maximum atomic E-state index is 14.1. The number of aromatic carboxylic acids is 1. The molecule has 4 aromatic rings. The zero-order chi connectivity index (χ0) is 33.8. The van der Waals surface area contributed by atoms with Crippen LogP contribution in [0.25, 0.3) is 22.3 Å². The first-order chi connectivity index (χ1) is 22.2. The molecule has 47 heavy (non-hydrogen) atoms. The van der Waals surface area contributed by atoms with Crippen LogP contribution < -0.4 is 4.74 Å². The number of aromatic nitrogens is 1. The Labute approximate surface area is 269 Å². The lowest BCUT2D eigenvalue weighted by Gasteiger charge is -2.28. The Bertz CT molecular complexity index is 1890. The first-order valence-electron chi connectivity index (χ1n) is 14.4. The number of carboxylic acids is 1. The predicted octanol–water partition coefficient (Wildman–Crippen LogP) is 9.58. The summed E-state index contributed by atoms with van der Waals surface area (Å²) in [6.45, 7) is 1.75.